The predicted octanol–water partition coefficient (Wildman–Crippen LogP) is 2.93. The first-order valence-electron chi connectivity index (χ1n) is 9.70. The molecule has 1 aromatic carbocycles. The zero-order chi connectivity index (χ0) is 21.1. The van der Waals surface area contributed by atoms with Gasteiger partial charge in [0.1, 0.15) is 6.04 Å². The molecule has 0 bridgehead atoms. The first kappa shape index (κ1) is 20.5. The van der Waals surface area contributed by atoms with Crippen LogP contribution in [0.5, 0.6) is 0 Å². The molecular formula is C22H26N4O3. The molecule has 7 heteroatoms. The fourth-order valence-corrected chi connectivity index (χ4v) is 3.45. The highest BCUT2D eigenvalue weighted by atomic mass is 16.5. The Kier molecular flexibility index (Phi) is 5.96. The van der Waals surface area contributed by atoms with Gasteiger partial charge in [-0.3, -0.25) is 4.79 Å². The van der Waals surface area contributed by atoms with Gasteiger partial charge in [0.2, 0.25) is 5.91 Å². The third kappa shape index (κ3) is 4.13. The molecule has 0 radical (unpaired) electrons. The summed E-state index contributed by atoms with van der Waals surface area (Å²) in [6.45, 7) is 9.40. The standard InChI is InChI=1S/C22H26N4O3/c1-6-29-22(28)15(4)23-19(27)12-18-13(2)24-21-20(17-10-8-7-9-11-17)14(3)25-26(21)16(18)5/h7-11,15H,6,12H2,1-5H3,(H,23,27)/t15-/m0/s1. The minimum atomic E-state index is -0.698. The Labute approximate surface area is 170 Å². The van der Waals surface area contributed by atoms with Crippen LogP contribution in [0.4, 0.5) is 0 Å². The molecule has 0 aliphatic heterocycles. The van der Waals surface area contributed by atoms with Gasteiger partial charge in [0.25, 0.3) is 0 Å². The van der Waals surface area contributed by atoms with Crippen molar-refractivity contribution in [3.63, 3.8) is 0 Å². The van der Waals surface area contributed by atoms with Crippen molar-refractivity contribution in [3.8, 4) is 11.1 Å². The number of esters is 1. The van der Waals surface area contributed by atoms with Crippen LogP contribution in [-0.2, 0) is 20.7 Å². The molecule has 0 fully saturated rings. The van der Waals surface area contributed by atoms with Crippen molar-refractivity contribution < 1.29 is 14.3 Å². The molecule has 0 spiro atoms. The van der Waals surface area contributed by atoms with Crippen molar-refractivity contribution >= 4 is 17.5 Å². The van der Waals surface area contributed by atoms with Crippen molar-refractivity contribution in [1.82, 2.24) is 19.9 Å². The van der Waals surface area contributed by atoms with E-state index >= 15 is 0 Å². The molecule has 2 aromatic heterocycles. The molecule has 0 aliphatic rings. The van der Waals surface area contributed by atoms with Crippen molar-refractivity contribution in [1.29, 1.82) is 0 Å². The lowest BCUT2D eigenvalue weighted by Crippen LogP contribution is -2.40. The highest BCUT2D eigenvalue weighted by Gasteiger charge is 2.21. The maximum atomic E-state index is 12.5. The van der Waals surface area contributed by atoms with Gasteiger partial charge in [-0.15, -0.1) is 0 Å². The molecule has 0 unspecified atom stereocenters. The molecule has 29 heavy (non-hydrogen) atoms. The number of benzene rings is 1. The Morgan fingerprint density at radius 2 is 1.83 bits per heavy atom. The summed E-state index contributed by atoms with van der Waals surface area (Å²) in [5.74, 6) is -0.705. The number of fused-ring (bicyclic) bond motifs is 1. The Bertz CT molecular complexity index is 1060. The minimum absolute atomic E-state index is 0.115. The van der Waals surface area contributed by atoms with Crippen LogP contribution in [0.2, 0.25) is 0 Å². The zero-order valence-corrected chi connectivity index (χ0v) is 17.4. The monoisotopic (exact) mass is 394 g/mol. The van der Waals surface area contributed by atoms with Crippen molar-refractivity contribution in [2.24, 2.45) is 0 Å². The quantitative estimate of drug-likeness (QED) is 0.650. The van der Waals surface area contributed by atoms with Gasteiger partial charge in [-0.1, -0.05) is 30.3 Å². The second-order valence-corrected chi connectivity index (χ2v) is 7.04. The lowest BCUT2D eigenvalue weighted by atomic mass is 10.1. The Balaban J connectivity index is 1.93. The number of hydrogen-bond acceptors (Lipinski definition) is 5. The van der Waals surface area contributed by atoms with E-state index < -0.39 is 12.0 Å². The second kappa shape index (κ2) is 8.43. The second-order valence-electron chi connectivity index (χ2n) is 7.04. The molecule has 0 saturated carbocycles. The Morgan fingerprint density at radius 3 is 2.48 bits per heavy atom. The molecule has 2 heterocycles. The average Bonchev–Trinajstić information content (AvgIpc) is 3.02. The van der Waals surface area contributed by atoms with E-state index in [9.17, 15) is 9.59 Å². The first-order chi connectivity index (χ1) is 13.8. The van der Waals surface area contributed by atoms with Gasteiger partial charge >= 0.3 is 5.97 Å². The summed E-state index contributed by atoms with van der Waals surface area (Å²) in [4.78, 5) is 29.0. The third-order valence-corrected chi connectivity index (χ3v) is 4.92. The largest absolute Gasteiger partial charge is 0.464 e. The van der Waals surface area contributed by atoms with Crippen molar-refractivity contribution in [2.45, 2.75) is 47.1 Å². The van der Waals surface area contributed by atoms with E-state index in [1.54, 1.807) is 18.4 Å². The molecule has 1 N–H and O–H groups in total. The highest BCUT2D eigenvalue weighted by molar-refractivity contribution is 5.86. The zero-order valence-electron chi connectivity index (χ0n) is 17.4. The number of carbonyl (C=O) groups is 2. The summed E-state index contributed by atoms with van der Waals surface area (Å²) in [6, 6.07) is 9.32. The lowest BCUT2D eigenvalue weighted by Gasteiger charge is -2.15. The molecular weight excluding hydrogens is 368 g/mol. The maximum absolute atomic E-state index is 12.5. The van der Waals surface area contributed by atoms with E-state index in [0.29, 0.717) is 0 Å². The van der Waals surface area contributed by atoms with E-state index in [2.05, 4.69) is 10.4 Å². The summed E-state index contributed by atoms with van der Waals surface area (Å²) in [6.07, 6.45) is 0.115. The van der Waals surface area contributed by atoms with Crippen LogP contribution in [0.1, 0.15) is 36.5 Å². The number of ether oxygens (including phenoxy) is 1. The smallest absolute Gasteiger partial charge is 0.328 e. The van der Waals surface area contributed by atoms with Crippen molar-refractivity contribution in [3.05, 3.63) is 53.0 Å². The molecule has 152 valence electrons. The van der Waals surface area contributed by atoms with Crippen LogP contribution >= 0.6 is 0 Å². The topological polar surface area (TPSA) is 85.6 Å². The van der Waals surface area contributed by atoms with E-state index in [4.69, 9.17) is 9.72 Å². The van der Waals surface area contributed by atoms with Crippen LogP contribution in [0.25, 0.3) is 16.8 Å². The number of rotatable bonds is 6. The maximum Gasteiger partial charge on any atom is 0.328 e. The number of nitrogens with zero attached hydrogens (tertiary/aromatic N) is 3. The molecule has 3 aromatic rings. The predicted molar refractivity (Wildman–Crippen MR) is 111 cm³/mol. The summed E-state index contributed by atoms with van der Waals surface area (Å²) in [5, 5.41) is 7.35. The molecule has 1 amide bonds. The third-order valence-electron chi connectivity index (χ3n) is 4.92. The summed E-state index contributed by atoms with van der Waals surface area (Å²) < 4.78 is 6.73. The number of carbonyl (C=O) groups excluding carboxylic acids is 2. The highest BCUT2D eigenvalue weighted by Crippen LogP contribution is 2.29. The van der Waals surface area contributed by atoms with Gasteiger partial charge in [0.15, 0.2) is 5.65 Å². The van der Waals surface area contributed by atoms with Gasteiger partial charge in [0.05, 0.1) is 18.7 Å². The minimum Gasteiger partial charge on any atom is -0.464 e. The van der Waals surface area contributed by atoms with E-state index in [0.717, 1.165) is 39.4 Å². The molecule has 1 atom stereocenters. The number of amides is 1. The van der Waals surface area contributed by atoms with E-state index in [-0.39, 0.29) is 18.9 Å². The van der Waals surface area contributed by atoms with Crippen LogP contribution in [0, 0.1) is 20.8 Å². The van der Waals surface area contributed by atoms with Crippen molar-refractivity contribution in [2.75, 3.05) is 6.61 Å². The molecule has 7 nitrogen and oxygen atoms in total. The van der Waals surface area contributed by atoms with Gasteiger partial charge in [-0.2, -0.15) is 5.10 Å². The van der Waals surface area contributed by atoms with Crippen LogP contribution in [-0.4, -0.2) is 39.1 Å². The van der Waals surface area contributed by atoms with Gasteiger partial charge < -0.3 is 10.1 Å². The normalized spacial score (nSPS) is 12.0. The fourth-order valence-electron chi connectivity index (χ4n) is 3.45. The number of aryl methyl sites for hydroxylation is 3. The number of hydrogen-bond donors (Lipinski definition) is 1. The van der Waals surface area contributed by atoms with Crippen LogP contribution in [0.3, 0.4) is 0 Å². The lowest BCUT2D eigenvalue weighted by molar-refractivity contribution is -0.146. The first-order valence-corrected chi connectivity index (χ1v) is 9.70. The number of aromatic nitrogens is 3. The molecule has 3 rings (SSSR count). The van der Waals surface area contributed by atoms with Gasteiger partial charge in [-0.05, 0) is 40.2 Å². The Morgan fingerprint density at radius 1 is 1.14 bits per heavy atom. The molecule has 0 aliphatic carbocycles. The number of nitrogens with one attached hydrogen (secondary N) is 1. The molecule has 0 saturated heterocycles. The fraction of sp³-hybridized carbons (Fsp3) is 0.364. The van der Waals surface area contributed by atoms with Crippen LogP contribution < -0.4 is 5.32 Å². The SMILES string of the molecule is CCOC(=O)[C@H](C)NC(=O)Cc1c(C)nc2c(-c3ccccc3)c(C)nn2c1C. The van der Waals surface area contributed by atoms with Gasteiger partial charge in [-0.25, -0.2) is 14.3 Å². The van der Waals surface area contributed by atoms with E-state index in [1.165, 1.54) is 0 Å². The van der Waals surface area contributed by atoms with Crippen LogP contribution in [0.15, 0.2) is 30.3 Å². The Hall–Kier alpha value is -3.22. The summed E-state index contributed by atoms with van der Waals surface area (Å²) >= 11 is 0. The summed E-state index contributed by atoms with van der Waals surface area (Å²) in [5.41, 5.74) is 6.12. The van der Waals surface area contributed by atoms with Gasteiger partial charge in [0, 0.05) is 22.5 Å². The van der Waals surface area contributed by atoms with E-state index in [1.807, 2.05) is 51.1 Å². The average molecular weight is 394 g/mol. The summed E-state index contributed by atoms with van der Waals surface area (Å²) in [7, 11) is 0.